The van der Waals surface area contributed by atoms with Gasteiger partial charge in [-0.3, -0.25) is 0 Å². The minimum absolute atomic E-state index is 0.0199. The number of aliphatic hydroxyl groups excluding tert-OH is 1. The monoisotopic (exact) mass is 293 g/mol. The van der Waals surface area contributed by atoms with Gasteiger partial charge in [0.1, 0.15) is 11.5 Å². The van der Waals surface area contributed by atoms with E-state index in [0.717, 1.165) is 29.9 Å². The lowest BCUT2D eigenvalue weighted by molar-refractivity contribution is 0.114. The molecule has 2 N–H and O–H groups in total. The van der Waals surface area contributed by atoms with Gasteiger partial charge in [0, 0.05) is 35.7 Å². The standard InChI is InChI=1S/C17H27NO3/c1-12(18-16-6-5-9-17(16,2)11-19)14-8-7-13(20-3)10-15(14)21-4/h7-8,10,12,16,18-19H,5-6,9,11H2,1-4H3. The highest BCUT2D eigenvalue weighted by molar-refractivity contribution is 5.42. The largest absolute Gasteiger partial charge is 0.497 e. The predicted molar refractivity (Wildman–Crippen MR) is 83.9 cm³/mol. The van der Waals surface area contributed by atoms with Crippen LogP contribution in [0.3, 0.4) is 0 Å². The van der Waals surface area contributed by atoms with Crippen LogP contribution in [-0.4, -0.2) is 32.0 Å². The Kier molecular flexibility index (Phi) is 5.12. The van der Waals surface area contributed by atoms with Crippen LogP contribution in [0.2, 0.25) is 0 Å². The number of rotatable bonds is 6. The van der Waals surface area contributed by atoms with E-state index in [2.05, 4.69) is 19.2 Å². The first-order valence-corrected chi connectivity index (χ1v) is 7.63. The fourth-order valence-corrected chi connectivity index (χ4v) is 3.27. The van der Waals surface area contributed by atoms with E-state index in [9.17, 15) is 5.11 Å². The van der Waals surface area contributed by atoms with Crippen molar-refractivity contribution in [3.8, 4) is 11.5 Å². The van der Waals surface area contributed by atoms with Crippen molar-refractivity contribution in [2.24, 2.45) is 5.41 Å². The molecule has 3 unspecified atom stereocenters. The summed E-state index contributed by atoms with van der Waals surface area (Å²) in [6, 6.07) is 6.41. The highest BCUT2D eigenvalue weighted by Crippen LogP contribution is 2.39. The lowest BCUT2D eigenvalue weighted by Gasteiger charge is -2.33. The third-order valence-corrected chi connectivity index (χ3v) is 4.80. The normalized spacial score (nSPS) is 26.6. The molecule has 2 rings (SSSR count). The molecule has 1 aromatic carbocycles. The van der Waals surface area contributed by atoms with Gasteiger partial charge in [-0.05, 0) is 25.8 Å². The fraction of sp³-hybridized carbons (Fsp3) is 0.647. The van der Waals surface area contributed by atoms with E-state index in [1.807, 2.05) is 18.2 Å². The van der Waals surface area contributed by atoms with Gasteiger partial charge in [0.2, 0.25) is 0 Å². The highest BCUT2D eigenvalue weighted by atomic mass is 16.5. The van der Waals surface area contributed by atoms with Gasteiger partial charge in [-0.1, -0.05) is 19.4 Å². The van der Waals surface area contributed by atoms with E-state index in [-0.39, 0.29) is 18.1 Å². The first-order chi connectivity index (χ1) is 10.0. The molecule has 1 aromatic rings. The molecule has 3 atom stereocenters. The van der Waals surface area contributed by atoms with Crippen LogP contribution in [0.5, 0.6) is 11.5 Å². The Bertz CT molecular complexity index is 477. The van der Waals surface area contributed by atoms with Crippen molar-refractivity contribution in [3.05, 3.63) is 23.8 Å². The topological polar surface area (TPSA) is 50.7 Å². The van der Waals surface area contributed by atoms with E-state index in [4.69, 9.17) is 9.47 Å². The molecule has 0 bridgehead atoms. The van der Waals surface area contributed by atoms with Crippen LogP contribution >= 0.6 is 0 Å². The van der Waals surface area contributed by atoms with E-state index < -0.39 is 0 Å². The van der Waals surface area contributed by atoms with Crippen molar-refractivity contribution in [2.75, 3.05) is 20.8 Å². The Morgan fingerprint density at radius 2 is 2.14 bits per heavy atom. The minimum Gasteiger partial charge on any atom is -0.497 e. The molecular weight excluding hydrogens is 266 g/mol. The van der Waals surface area contributed by atoms with Gasteiger partial charge in [0.25, 0.3) is 0 Å². The van der Waals surface area contributed by atoms with Gasteiger partial charge < -0.3 is 19.9 Å². The Labute approximate surface area is 127 Å². The summed E-state index contributed by atoms with van der Waals surface area (Å²) in [7, 11) is 3.33. The maximum Gasteiger partial charge on any atom is 0.127 e. The van der Waals surface area contributed by atoms with Crippen molar-refractivity contribution in [1.82, 2.24) is 5.32 Å². The van der Waals surface area contributed by atoms with E-state index in [1.54, 1.807) is 14.2 Å². The van der Waals surface area contributed by atoms with Crippen LogP contribution in [0.15, 0.2) is 18.2 Å². The molecule has 1 aliphatic carbocycles. The molecule has 0 radical (unpaired) electrons. The third kappa shape index (κ3) is 3.33. The summed E-state index contributed by atoms with van der Waals surface area (Å²) in [6.45, 7) is 4.53. The molecule has 4 heteroatoms. The minimum atomic E-state index is -0.0199. The SMILES string of the molecule is COc1ccc(C(C)NC2CCCC2(C)CO)c(OC)c1. The van der Waals surface area contributed by atoms with Crippen molar-refractivity contribution in [2.45, 2.75) is 45.2 Å². The zero-order chi connectivity index (χ0) is 15.5. The zero-order valence-corrected chi connectivity index (χ0v) is 13.5. The van der Waals surface area contributed by atoms with Crippen molar-refractivity contribution >= 4 is 0 Å². The summed E-state index contributed by atoms with van der Waals surface area (Å²) in [4.78, 5) is 0. The zero-order valence-electron chi connectivity index (χ0n) is 13.5. The van der Waals surface area contributed by atoms with Crippen molar-refractivity contribution < 1.29 is 14.6 Å². The Hall–Kier alpha value is -1.26. The number of hydrogen-bond acceptors (Lipinski definition) is 4. The van der Waals surface area contributed by atoms with E-state index >= 15 is 0 Å². The number of ether oxygens (including phenoxy) is 2. The molecule has 0 saturated heterocycles. The number of benzene rings is 1. The van der Waals surface area contributed by atoms with Gasteiger partial charge in [0.05, 0.1) is 14.2 Å². The van der Waals surface area contributed by atoms with Crippen LogP contribution < -0.4 is 14.8 Å². The van der Waals surface area contributed by atoms with Crippen molar-refractivity contribution in [3.63, 3.8) is 0 Å². The molecule has 1 fully saturated rings. The molecule has 1 aliphatic rings. The molecule has 0 spiro atoms. The molecular formula is C17H27NO3. The molecule has 0 aliphatic heterocycles. The van der Waals surface area contributed by atoms with Crippen LogP contribution in [0.1, 0.15) is 44.7 Å². The lowest BCUT2D eigenvalue weighted by atomic mass is 9.85. The fourth-order valence-electron chi connectivity index (χ4n) is 3.27. The number of nitrogens with one attached hydrogen (secondary N) is 1. The van der Waals surface area contributed by atoms with Crippen LogP contribution in [-0.2, 0) is 0 Å². The van der Waals surface area contributed by atoms with Crippen LogP contribution in [0.25, 0.3) is 0 Å². The highest BCUT2D eigenvalue weighted by Gasteiger charge is 2.38. The molecule has 0 amide bonds. The maximum absolute atomic E-state index is 9.67. The summed E-state index contributed by atoms with van der Waals surface area (Å²) >= 11 is 0. The number of aliphatic hydroxyl groups is 1. The van der Waals surface area contributed by atoms with Gasteiger partial charge in [-0.2, -0.15) is 0 Å². The molecule has 118 valence electrons. The molecule has 0 aromatic heterocycles. The Morgan fingerprint density at radius 1 is 1.38 bits per heavy atom. The second-order valence-electron chi connectivity index (χ2n) is 6.25. The summed E-state index contributed by atoms with van der Waals surface area (Å²) in [5.74, 6) is 1.63. The molecule has 0 heterocycles. The maximum atomic E-state index is 9.67. The van der Waals surface area contributed by atoms with Crippen LogP contribution in [0.4, 0.5) is 0 Å². The smallest absolute Gasteiger partial charge is 0.127 e. The van der Waals surface area contributed by atoms with Gasteiger partial charge in [-0.15, -0.1) is 0 Å². The number of hydrogen-bond donors (Lipinski definition) is 2. The predicted octanol–water partition coefficient (Wildman–Crippen LogP) is 2.91. The first kappa shape index (κ1) is 16.1. The third-order valence-electron chi connectivity index (χ3n) is 4.80. The van der Waals surface area contributed by atoms with Gasteiger partial charge in [-0.25, -0.2) is 0 Å². The summed E-state index contributed by atoms with van der Waals surface area (Å²) in [5.41, 5.74) is 1.10. The lowest BCUT2D eigenvalue weighted by Crippen LogP contribution is -2.42. The summed E-state index contributed by atoms with van der Waals surface area (Å²) in [6.07, 6.45) is 3.36. The average Bonchev–Trinajstić information content (AvgIpc) is 2.88. The molecule has 4 nitrogen and oxygen atoms in total. The first-order valence-electron chi connectivity index (χ1n) is 7.63. The Balaban J connectivity index is 2.15. The molecule has 1 saturated carbocycles. The Morgan fingerprint density at radius 3 is 2.76 bits per heavy atom. The van der Waals surface area contributed by atoms with E-state index in [0.29, 0.717) is 6.04 Å². The molecule has 21 heavy (non-hydrogen) atoms. The quantitative estimate of drug-likeness (QED) is 0.847. The second kappa shape index (κ2) is 6.67. The van der Waals surface area contributed by atoms with Crippen LogP contribution in [0, 0.1) is 5.41 Å². The second-order valence-corrected chi connectivity index (χ2v) is 6.25. The van der Waals surface area contributed by atoms with Gasteiger partial charge in [0.15, 0.2) is 0 Å². The summed E-state index contributed by atoms with van der Waals surface area (Å²) < 4.78 is 10.7. The number of methoxy groups -OCH3 is 2. The van der Waals surface area contributed by atoms with Gasteiger partial charge >= 0.3 is 0 Å². The van der Waals surface area contributed by atoms with Crippen molar-refractivity contribution in [1.29, 1.82) is 0 Å². The summed E-state index contributed by atoms with van der Waals surface area (Å²) in [5, 5.41) is 13.3. The van der Waals surface area contributed by atoms with E-state index in [1.165, 1.54) is 6.42 Å². The average molecular weight is 293 g/mol.